The van der Waals surface area contributed by atoms with E-state index in [1.165, 1.54) is 0 Å². The lowest BCUT2D eigenvalue weighted by molar-refractivity contribution is -0.117. The van der Waals surface area contributed by atoms with E-state index in [2.05, 4.69) is 15.3 Å². The smallest absolute Gasteiger partial charge is 0.247 e. The Morgan fingerprint density at radius 2 is 2.31 bits per heavy atom. The van der Waals surface area contributed by atoms with Crippen molar-refractivity contribution in [1.82, 2.24) is 10.3 Å². The van der Waals surface area contributed by atoms with E-state index < -0.39 is 0 Å². The molecular weight excluding hydrogens is 190 g/mol. The van der Waals surface area contributed by atoms with Gasteiger partial charge >= 0.3 is 0 Å². The van der Waals surface area contributed by atoms with Crippen LogP contribution in [0.3, 0.4) is 0 Å². The summed E-state index contributed by atoms with van der Waals surface area (Å²) in [6.45, 7) is 0.192. The van der Waals surface area contributed by atoms with E-state index in [0.29, 0.717) is 11.0 Å². The molecule has 2 heterocycles. The number of rotatable bonds is 1. The van der Waals surface area contributed by atoms with Crippen LogP contribution in [0.25, 0.3) is 0 Å². The Morgan fingerprint density at radius 3 is 2.85 bits per heavy atom. The standard InChI is InChI=1S/C8H6ClN3O/c9-6-2-1-5(3-10-6)8-11-4-7(13)12-8/h1-3H,4H2,(H,11,12,13). The first-order valence-corrected chi connectivity index (χ1v) is 4.10. The van der Waals surface area contributed by atoms with Gasteiger partial charge in [-0.05, 0) is 12.1 Å². The first-order valence-electron chi connectivity index (χ1n) is 3.72. The Morgan fingerprint density at radius 1 is 1.46 bits per heavy atom. The van der Waals surface area contributed by atoms with Crippen LogP contribution < -0.4 is 5.32 Å². The Balaban J connectivity index is 2.27. The first kappa shape index (κ1) is 8.19. The van der Waals surface area contributed by atoms with Crippen LogP contribution in [0.5, 0.6) is 0 Å². The van der Waals surface area contributed by atoms with E-state index >= 15 is 0 Å². The lowest BCUT2D eigenvalue weighted by Gasteiger charge is -1.99. The number of hydrogen-bond acceptors (Lipinski definition) is 3. The summed E-state index contributed by atoms with van der Waals surface area (Å²) in [5.74, 6) is 0.471. The zero-order chi connectivity index (χ0) is 9.26. The molecule has 0 aromatic carbocycles. The summed E-state index contributed by atoms with van der Waals surface area (Å²) in [6.07, 6.45) is 1.58. The number of halogens is 1. The Hall–Kier alpha value is -1.42. The molecule has 1 aliphatic rings. The van der Waals surface area contributed by atoms with Crippen LogP contribution in [0, 0.1) is 0 Å². The van der Waals surface area contributed by atoms with Crippen LogP contribution in [-0.2, 0) is 4.79 Å². The van der Waals surface area contributed by atoms with Crippen LogP contribution in [0.15, 0.2) is 23.3 Å². The van der Waals surface area contributed by atoms with Gasteiger partial charge in [-0.25, -0.2) is 4.98 Å². The first-order chi connectivity index (χ1) is 6.25. The molecule has 0 saturated heterocycles. The molecule has 1 aromatic heterocycles. The fourth-order valence-corrected chi connectivity index (χ4v) is 1.15. The number of aliphatic imine (C=N–C) groups is 1. The number of hydrogen-bond donors (Lipinski definition) is 1. The highest BCUT2D eigenvalue weighted by atomic mass is 35.5. The Kier molecular flexibility index (Phi) is 1.98. The molecule has 0 fully saturated rings. The highest BCUT2D eigenvalue weighted by Crippen LogP contribution is 2.07. The van der Waals surface area contributed by atoms with Gasteiger partial charge in [-0.2, -0.15) is 0 Å². The summed E-state index contributed by atoms with van der Waals surface area (Å²) in [5, 5.41) is 3.04. The van der Waals surface area contributed by atoms with Crippen LogP contribution >= 0.6 is 11.6 Å². The molecule has 0 unspecified atom stereocenters. The number of aromatic nitrogens is 1. The van der Waals surface area contributed by atoms with Crippen molar-refractivity contribution in [1.29, 1.82) is 0 Å². The van der Waals surface area contributed by atoms with Crippen molar-refractivity contribution in [3.63, 3.8) is 0 Å². The minimum atomic E-state index is -0.0926. The normalized spacial score (nSPS) is 15.5. The SMILES string of the molecule is O=C1CN=C(c2ccc(Cl)nc2)N1. The Bertz CT molecular complexity index is 371. The third-order valence-electron chi connectivity index (χ3n) is 1.64. The van der Waals surface area contributed by atoms with Crippen LogP contribution in [-0.4, -0.2) is 23.3 Å². The van der Waals surface area contributed by atoms with Crippen molar-refractivity contribution in [2.45, 2.75) is 0 Å². The highest BCUT2D eigenvalue weighted by molar-refractivity contribution is 6.29. The lowest BCUT2D eigenvalue weighted by Crippen LogP contribution is -2.25. The number of carbonyl (C=O) groups is 1. The highest BCUT2D eigenvalue weighted by Gasteiger charge is 2.14. The average molecular weight is 196 g/mol. The molecule has 1 amide bonds. The topological polar surface area (TPSA) is 54.4 Å². The maximum atomic E-state index is 10.8. The molecular formula is C8H6ClN3O. The summed E-state index contributed by atoms with van der Waals surface area (Å²) in [4.78, 5) is 18.7. The van der Waals surface area contributed by atoms with Gasteiger partial charge < -0.3 is 5.32 Å². The summed E-state index contributed by atoms with van der Waals surface area (Å²) in [5.41, 5.74) is 0.773. The van der Waals surface area contributed by atoms with Gasteiger partial charge in [0.05, 0.1) is 0 Å². The second kappa shape index (κ2) is 3.14. The van der Waals surface area contributed by atoms with Gasteiger partial charge in [0.2, 0.25) is 5.91 Å². The maximum absolute atomic E-state index is 10.8. The van der Waals surface area contributed by atoms with Gasteiger partial charge in [0.15, 0.2) is 0 Å². The maximum Gasteiger partial charge on any atom is 0.247 e. The van der Waals surface area contributed by atoms with Gasteiger partial charge in [0, 0.05) is 11.8 Å². The molecule has 0 bridgehead atoms. The summed E-state index contributed by atoms with van der Waals surface area (Å²) >= 11 is 5.61. The Labute approximate surface area is 79.7 Å². The molecule has 0 spiro atoms. The van der Waals surface area contributed by atoms with Crippen molar-refractivity contribution in [2.24, 2.45) is 4.99 Å². The van der Waals surface area contributed by atoms with Gasteiger partial charge in [0.25, 0.3) is 0 Å². The number of nitrogens with zero attached hydrogens (tertiary/aromatic N) is 2. The van der Waals surface area contributed by atoms with Gasteiger partial charge in [-0.3, -0.25) is 9.79 Å². The van der Waals surface area contributed by atoms with Crippen LogP contribution in [0.1, 0.15) is 5.56 Å². The van der Waals surface area contributed by atoms with Crippen molar-refractivity contribution < 1.29 is 4.79 Å². The number of nitrogens with one attached hydrogen (secondary N) is 1. The molecule has 0 saturated carbocycles. The fourth-order valence-electron chi connectivity index (χ4n) is 1.04. The predicted octanol–water partition coefficient (Wildman–Crippen LogP) is 0.611. The molecule has 0 radical (unpaired) electrons. The summed E-state index contributed by atoms with van der Waals surface area (Å²) < 4.78 is 0. The minimum Gasteiger partial charge on any atom is -0.309 e. The molecule has 1 aliphatic heterocycles. The second-order valence-electron chi connectivity index (χ2n) is 2.58. The minimum absolute atomic E-state index is 0.0926. The van der Waals surface area contributed by atoms with E-state index in [9.17, 15) is 4.79 Å². The van der Waals surface area contributed by atoms with E-state index in [4.69, 9.17) is 11.6 Å². The number of amidine groups is 1. The van der Waals surface area contributed by atoms with Crippen molar-refractivity contribution >= 4 is 23.3 Å². The molecule has 2 rings (SSSR count). The molecule has 0 aliphatic carbocycles. The van der Waals surface area contributed by atoms with E-state index in [0.717, 1.165) is 5.56 Å². The zero-order valence-electron chi connectivity index (χ0n) is 6.62. The molecule has 13 heavy (non-hydrogen) atoms. The van der Waals surface area contributed by atoms with Gasteiger partial charge in [-0.1, -0.05) is 11.6 Å². The van der Waals surface area contributed by atoms with Crippen molar-refractivity contribution in [2.75, 3.05) is 6.54 Å². The molecule has 1 aromatic rings. The molecule has 1 N–H and O–H groups in total. The van der Waals surface area contributed by atoms with E-state index in [1.807, 2.05) is 0 Å². The third-order valence-corrected chi connectivity index (χ3v) is 1.86. The van der Waals surface area contributed by atoms with Crippen LogP contribution in [0.2, 0.25) is 5.15 Å². The largest absolute Gasteiger partial charge is 0.309 e. The van der Waals surface area contributed by atoms with Crippen molar-refractivity contribution in [3.05, 3.63) is 29.0 Å². The molecule has 4 nitrogen and oxygen atoms in total. The lowest BCUT2D eigenvalue weighted by atomic mass is 10.3. The average Bonchev–Trinajstić information content (AvgIpc) is 2.53. The number of amides is 1. The zero-order valence-corrected chi connectivity index (χ0v) is 7.38. The van der Waals surface area contributed by atoms with Crippen molar-refractivity contribution in [3.8, 4) is 0 Å². The van der Waals surface area contributed by atoms with E-state index in [-0.39, 0.29) is 12.5 Å². The number of pyridine rings is 1. The van der Waals surface area contributed by atoms with E-state index in [1.54, 1.807) is 18.3 Å². The fraction of sp³-hybridized carbons (Fsp3) is 0.125. The quantitative estimate of drug-likeness (QED) is 0.668. The third kappa shape index (κ3) is 1.67. The molecule has 0 atom stereocenters. The number of carbonyl (C=O) groups excluding carboxylic acids is 1. The van der Waals surface area contributed by atoms with Gasteiger partial charge in [-0.15, -0.1) is 0 Å². The monoisotopic (exact) mass is 195 g/mol. The molecule has 66 valence electrons. The summed E-state index contributed by atoms with van der Waals surface area (Å²) in [7, 11) is 0. The second-order valence-corrected chi connectivity index (χ2v) is 2.97. The van der Waals surface area contributed by atoms with Crippen LogP contribution in [0.4, 0.5) is 0 Å². The predicted molar refractivity (Wildman–Crippen MR) is 48.8 cm³/mol. The molecule has 5 heteroatoms. The van der Waals surface area contributed by atoms with Gasteiger partial charge in [0.1, 0.15) is 17.5 Å². The summed E-state index contributed by atoms with van der Waals surface area (Å²) in [6, 6.07) is 3.42.